The molecule has 10 aliphatic rings. The van der Waals surface area contributed by atoms with Gasteiger partial charge >= 0.3 is 0 Å². The zero-order chi connectivity index (χ0) is 42.8. The van der Waals surface area contributed by atoms with Crippen LogP contribution in [0.15, 0.2) is 25.0 Å². The lowest BCUT2D eigenvalue weighted by Gasteiger charge is -2.24. The SMILES string of the molecule is CC(C)C1=NC2CCNCC2N1.CC(C)C1=NC2CNCCC2O1.CC(C)C1=NC2CNCCC2S1.CC(C)C1=NC2COCCC2O1.CC(C)C1=NC2COCCC2S1. The van der Waals surface area contributed by atoms with Crippen LogP contribution in [-0.4, -0.2) is 152 Å². The Balaban J connectivity index is 0.000000126. The van der Waals surface area contributed by atoms with Gasteiger partial charge in [-0.2, -0.15) is 0 Å². The minimum absolute atomic E-state index is 0.274. The van der Waals surface area contributed by atoms with Crippen LogP contribution in [-0.2, 0) is 18.9 Å². The molecule has 10 aliphatic heterocycles. The molecule has 60 heavy (non-hydrogen) atoms. The molecular formula is C45H79N9O4S2. The fourth-order valence-electron chi connectivity index (χ4n) is 8.50. The fourth-order valence-corrected chi connectivity index (χ4v) is 11.1. The van der Waals surface area contributed by atoms with E-state index in [1.165, 1.54) is 41.7 Å². The van der Waals surface area contributed by atoms with Crippen LogP contribution in [0.4, 0.5) is 0 Å². The zero-order valence-electron chi connectivity index (χ0n) is 38.5. The van der Waals surface area contributed by atoms with Crippen LogP contribution in [0.25, 0.3) is 0 Å². The van der Waals surface area contributed by atoms with Crippen molar-refractivity contribution in [2.75, 3.05) is 65.7 Å². The first kappa shape index (κ1) is 47.7. The van der Waals surface area contributed by atoms with Gasteiger partial charge in [-0.1, -0.05) is 69.2 Å². The van der Waals surface area contributed by atoms with Gasteiger partial charge in [-0.15, -0.1) is 23.5 Å². The van der Waals surface area contributed by atoms with Gasteiger partial charge in [-0.3, -0.25) is 15.0 Å². The van der Waals surface area contributed by atoms with E-state index in [0.717, 1.165) is 94.3 Å². The van der Waals surface area contributed by atoms with Crippen LogP contribution in [0.2, 0.25) is 0 Å². The molecule has 10 heterocycles. The summed E-state index contributed by atoms with van der Waals surface area (Å²) in [6.45, 7) is 31.6. The van der Waals surface area contributed by atoms with E-state index in [-0.39, 0.29) is 6.04 Å². The van der Waals surface area contributed by atoms with E-state index in [4.69, 9.17) is 23.9 Å². The van der Waals surface area contributed by atoms with Gasteiger partial charge in [-0.05, 0) is 45.3 Å². The number of nitrogens with zero attached hydrogens (tertiary/aromatic N) is 5. The smallest absolute Gasteiger partial charge is 0.186 e. The van der Waals surface area contributed by atoms with Crippen molar-refractivity contribution in [3.8, 4) is 0 Å². The number of piperidine rings is 3. The number of amidine groups is 1. The Hall–Kier alpha value is -1.75. The van der Waals surface area contributed by atoms with E-state index in [1.807, 2.05) is 23.5 Å². The average molecular weight is 874 g/mol. The highest BCUT2D eigenvalue weighted by atomic mass is 32.2. The molecule has 5 fully saturated rings. The maximum atomic E-state index is 5.74. The summed E-state index contributed by atoms with van der Waals surface area (Å²) in [4.78, 5) is 23.1. The van der Waals surface area contributed by atoms with E-state index in [1.54, 1.807) is 0 Å². The topological polar surface area (TPSA) is 147 Å². The van der Waals surface area contributed by atoms with Crippen molar-refractivity contribution in [3.63, 3.8) is 0 Å². The normalized spacial score (nSPS) is 34.7. The standard InChI is InChI=1S/C9H17N3.C9H16N2O.C9H16N2S.C9H15NO2.C9H15NOS/c1-6(2)9-11-7-3-4-10-5-8(7)12-9;2*1-6(2)9-11-7-5-10-4-3-8(7)12-9;2*1-6(2)9-10-7-5-11-4-3-8(7)12-9/h6-8,10H,3-5H2,1-2H3,(H,11,12);2*6-8,10H,3-5H2,1-2H3;2*6-8H,3-5H2,1-2H3. The predicted octanol–water partition coefficient (Wildman–Crippen LogP) is 5.87. The number of hydrogen-bond donors (Lipinski definition) is 4. The van der Waals surface area contributed by atoms with Crippen molar-refractivity contribution in [2.24, 2.45) is 54.6 Å². The summed E-state index contributed by atoms with van der Waals surface area (Å²) >= 11 is 3.99. The molecule has 5 saturated heterocycles. The number of thioether (sulfide) groups is 2. The van der Waals surface area contributed by atoms with Gasteiger partial charge in [0, 0.05) is 72.8 Å². The third-order valence-corrected chi connectivity index (χ3v) is 15.5. The molecule has 0 spiro atoms. The molecule has 0 aromatic heterocycles. The van der Waals surface area contributed by atoms with Crippen LogP contribution >= 0.6 is 23.5 Å². The second-order valence-electron chi connectivity index (χ2n) is 19.1. The monoisotopic (exact) mass is 874 g/mol. The number of fused-ring (bicyclic) bond motifs is 5. The largest absolute Gasteiger partial charge is 0.475 e. The predicted molar refractivity (Wildman–Crippen MR) is 253 cm³/mol. The lowest BCUT2D eigenvalue weighted by Crippen LogP contribution is -2.48. The van der Waals surface area contributed by atoms with E-state index >= 15 is 0 Å². The second kappa shape index (κ2) is 23.3. The number of ether oxygens (including phenoxy) is 4. The molecule has 0 saturated carbocycles. The third kappa shape index (κ3) is 13.4. The van der Waals surface area contributed by atoms with Gasteiger partial charge < -0.3 is 40.2 Å². The average Bonchev–Trinajstić information content (AvgIpc) is 4.09. The highest BCUT2D eigenvalue weighted by Crippen LogP contribution is 2.35. The lowest BCUT2D eigenvalue weighted by molar-refractivity contribution is 0.0183. The van der Waals surface area contributed by atoms with Crippen molar-refractivity contribution >= 4 is 51.2 Å². The highest BCUT2D eigenvalue weighted by molar-refractivity contribution is 8.15. The number of rotatable bonds is 5. The van der Waals surface area contributed by atoms with Gasteiger partial charge in [0.2, 0.25) is 0 Å². The third-order valence-electron chi connectivity index (χ3n) is 12.2. The first-order chi connectivity index (χ1) is 28.9. The van der Waals surface area contributed by atoms with Crippen LogP contribution < -0.4 is 21.3 Å². The Morgan fingerprint density at radius 3 is 1.58 bits per heavy atom. The van der Waals surface area contributed by atoms with Crippen LogP contribution in [0.5, 0.6) is 0 Å². The molecule has 13 nitrogen and oxygen atoms in total. The Morgan fingerprint density at radius 2 is 1.02 bits per heavy atom. The zero-order valence-corrected chi connectivity index (χ0v) is 40.1. The summed E-state index contributed by atoms with van der Waals surface area (Å²) in [7, 11) is 0. The molecule has 0 radical (unpaired) electrons. The number of nitrogens with one attached hydrogen (secondary N) is 4. The fraction of sp³-hybridized carbons (Fsp3) is 0.889. The molecule has 340 valence electrons. The number of hydrogen-bond acceptors (Lipinski definition) is 15. The molecule has 4 N–H and O–H groups in total. The lowest BCUT2D eigenvalue weighted by atomic mass is 10.0. The number of aliphatic imine (C=N–C) groups is 5. The Kier molecular flexibility index (Phi) is 18.5. The van der Waals surface area contributed by atoms with Gasteiger partial charge in [0.1, 0.15) is 24.3 Å². The van der Waals surface area contributed by atoms with Crippen LogP contribution in [0.3, 0.4) is 0 Å². The molecule has 0 amide bonds. The van der Waals surface area contributed by atoms with E-state index in [0.29, 0.717) is 72.0 Å². The summed E-state index contributed by atoms with van der Waals surface area (Å²) < 4.78 is 22.1. The first-order valence-electron chi connectivity index (χ1n) is 23.4. The maximum absolute atomic E-state index is 5.74. The molecule has 0 bridgehead atoms. The second-order valence-corrected chi connectivity index (χ2v) is 21.6. The Bertz CT molecular complexity index is 1270. The minimum Gasteiger partial charge on any atom is -0.475 e. The maximum Gasteiger partial charge on any atom is 0.186 e. The van der Waals surface area contributed by atoms with Crippen molar-refractivity contribution in [1.82, 2.24) is 21.3 Å². The molecule has 15 heteroatoms. The van der Waals surface area contributed by atoms with E-state index in [9.17, 15) is 0 Å². The van der Waals surface area contributed by atoms with Gasteiger partial charge in [-0.25, -0.2) is 9.98 Å². The molecule has 10 atom stereocenters. The van der Waals surface area contributed by atoms with Crippen molar-refractivity contribution in [3.05, 3.63) is 0 Å². The van der Waals surface area contributed by atoms with Gasteiger partial charge in [0.25, 0.3) is 0 Å². The summed E-state index contributed by atoms with van der Waals surface area (Å²) in [6, 6.07) is 2.80. The van der Waals surface area contributed by atoms with Crippen LogP contribution in [0, 0.1) is 29.6 Å². The molecule has 0 aromatic rings. The van der Waals surface area contributed by atoms with Gasteiger partial charge in [0.15, 0.2) is 11.8 Å². The Morgan fingerprint density at radius 1 is 0.483 bits per heavy atom. The Labute approximate surface area is 370 Å². The molecule has 0 aliphatic carbocycles. The summed E-state index contributed by atoms with van der Waals surface area (Å²) in [5.74, 6) is 5.70. The highest BCUT2D eigenvalue weighted by Gasteiger charge is 2.37. The van der Waals surface area contributed by atoms with Crippen molar-refractivity contribution < 1.29 is 18.9 Å². The van der Waals surface area contributed by atoms with E-state index in [2.05, 4.69) is 110 Å². The quantitative estimate of drug-likeness (QED) is 0.265. The van der Waals surface area contributed by atoms with Crippen LogP contribution in [0.1, 0.15) is 101 Å². The molecule has 10 rings (SSSR count). The minimum atomic E-state index is 0.274. The first-order valence-corrected chi connectivity index (χ1v) is 25.2. The van der Waals surface area contributed by atoms with Gasteiger partial charge in [0.05, 0.1) is 59.9 Å². The summed E-state index contributed by atoms with van der Waals surface area (Å²) in [6.07, 6.45) is 6.41. The molecular weight excluding hydrogens is 795 g/mol. The summed E-state index contributed by atoms with van der Waals surface area (Å²) in [5, 5.41) is 17.8. The van der Waals surface area contributed by atoms with E-state index < -0.39 is 0 Å². The molecule has 0 aromatic carbocycles. The van der Waals surface area contributed by atoms with Crippen molar-refractivity contribution in [1.29, 1.82) is 0 Å². The van der Waals surface area contributed by atoms with Crippen molar-refractivity contribution in [2.45, 2.75) is 160 Å². The summed E-state index contributed by atoms with van der Waals surface area (Å²) in [5.41, 5.74) is 0. The molecule has 10 unspecified atom stereocenters.